The first kappa shape index (κ1) is 16.1. The second-order valence-corrected chi connectivity index (χ2v) is 6.25. The van der Waals surface area contributed by atoms with Gasteiger partial charge in [0, 0.05) is 24.6 Å². The SMILES string of the molecule is CCCc1nc(NCC)c(C)c(NC2CCCCC2C)n1. The topological polar surface area (TPSA) is 49.8 Å². The van der Waals surface area contributed by atoms with Crippen LogP contribution in [0, 0.1) is 12.8 Å². The largest absolute Gasteiger partial charge is 0.370 e. The van der Waals surface area contributed by atoms with Crippen molar-refractivity contribution in [3.63, 3.8) is 0 Å². The Balaban J connectivity index is 2.23. The van der Waals surface area contributed by atoms with E-state index >= 15 is 0 Å². The molecule has 1 heterocycles. The molecule has 0 aromatic carbocycles. The van der Waals surface area contributed by atoms with Gasteiger partial charge in [-0.3, -0.25) is 0 Å². The van der Waals surface area contributed by atoms with Gasteiger partial charge in [0.2, 0.25) is 0 Å². The molecule has 1 fully saturated rings. The van der Waals surface area contributed by atoms with Crippen LogP contribution in [0.3, 0.4) is 0 Å². The molecule has 0 radical (unpaired) electrons. The Morgan fingerprint density at radius 1 is 1.10 bits per heavy atom. The molecule has 118 valence electrons. The van der Waals surface area contributed by atoms with Gasteiger partial charge in [-0.1, -0.05) is 26.7 Å². The number of nitrogens with one attached hydrogen (secondary N) is 2. The molecule has 1 aromatic rings. The molecule has 2 atom stereocenters. The lowest BCUT2D eigenvalue weighted by Crippen LogP contribution is -2.31. The monoisotopic (exact) mass is 290 g/mol. The predicted molar refractivity (Wildman–Crippen MR) is 90.0 cm³/mol. The van der Waals surface area contributed by atoms with Crippen LogP contribution < -0.4 is 10.6 Å². The van der Waals surface area contributed by atoms with Gasteiger partial charge in [0.15, 0.2) is 0 Å². The number of rotatable bonds is 6. The van der Waals surface area contributed by atoms with Crippen LogP contribution in [0.2, 0.25) is 0 Å². The summed E-state index contributed by atoms with van der Waals surface area (Å²) in [5.74, 6) is 3.69. The number of aryl methyl sites for hydroxylation is 1. The molecule has 1 aliphatic carbocycles. The highest BCUT2D eigenvalue weighted by molar-refractivity contribution is 5.57. The summed E-state index contributed by atoms with van der Waals surface area (Å²) in [7, 11) is 0. The Morgan fingerprint density at radius 2 is 1.81 bits per heavy atom. The van der Waals surface area contributed by atoms with Gasteiger partial charge in [0.25, 0.3) is 0 Å². The first-order valence-corrected chi connectivity index (χ1v) is 8.53. The average Bonchev–Trinajstić information content (AvgIpc) is 2.46. The van der Waals surface area contributed by atoms with E-state index in [9.17, 15) is 0 Å². The number of nitrogens with zero attached hydrogens (tertiary/aromatic N) is 2. The van der Waals surface area contributed by atoms with Crippen molar-refractivity contribution in [2.24, 2.45) is 5.92 Å². The molecule has 2 N–H and O–H groups in total. The highest BCUT2D eigenvalue weighted by atomic mass is 15.1. The van der Waals surface area contributed by atoms with E-state index in [1.165, 1.54) is 25.7 Å². The van der Waals surface area contributed by atoms with E-state index in [4.69, 9.17) is 4.98 Å². The van der Waals surface area contributed by atoms with Gasteiger partial charge in [-0.2, -0.15) is 0 Å². The minimum atomic E-state index is 0.552. The minimum Gasteiger partial charge on any atom is -0.370 e. The molecule has 1 aliphatic rings. The zero-order valence-electron chi connectivity index (χ0n) is 14.0. The first-order valence-electron chi connectivity index (χ1n) is 8.53. The second-order valence-electron chi connectivity index (χ2n) is 6.25. The third-order valence-electron chi connectivity index (χ3n) is 4.44. The van der Waals surface area contributed by atoms with Gasteiger partial charge in [-0.15, -0.1) is 0 Å². The van der Waals surface area contributed by atoms with Gasteiger partial charge in [-0.05, 0) is 39.0 Å². The molecular formula is C17H30N4. The molecule has 1 saturated carbocycles. The molecule has 0 amide bonds. The molecule has 0 spiro atoms. The van der Waals surface area contributed by atoms with E-state index in [1.807, 2.05) is 0 Å². The maximum absolute atomic E-state index is 4.77. The first-order chi connectivity index (χ1) is 10.2. The Labute approximate surface area is 129 Å². The molecule has 0 bridgehead atoms. The Bertz CT molecular complexity index is 458. The van der Waals surface area contributed by atoms with Crippen molar-refractivity contribution in [1.82, 2.24) is 9.97 Å². The van der Waals surface area contributed by atoms with Crippen LogP contribution in [0.1, 0.15) is 64.3 Å². The highest BCUT2D eigenvalue weighted by Crippen LogP contribution is 2.28. The number of hydrogen-bond donors (Lipinski definition) is 2. The Kier molecular flexibility index (Phi) is 5.83. The Morgan fingerprint density at radius 3 is 2.48 bits per heavy atom. The van der Waals surface area contributed by atoms with Gasteiger partial charge in [-0.25, -0.2) is 9.97 Å². The summed E-state index contributed by atoms with van der Waals surface area (Å²) in [5.41, 5.74) is 1.15. The Hall–Kier alpha value is -1.32. The summed E-state index contributed by atoms with van der Waals surface area (Å²) in [6, 6.07) is 0.552. The third kappa shape index (κ3) is 4.08. The smallest absolute Gasteiger partial charge is 0.135 e. The molecule has 2 rings (SSSR count). The van der Waals surface area contributed by atoms with Crippen LogP contribution in [0.4, 0.5) is 11.6 Å². The van der Waals surface area contributed by atoms with Crippen LogP contribution in [0.5, 0.6) is 0 Å². The van der Waals surface area contributed by atoms with E-state index in [1.54, 1.807) is 0 Å². The molecule has 21 heavy (non-hydrogen) atoms. The molecular weight excluding hydrogens is 260 g/mol. The molecule has 0 aliphatic heterocycles. The minimum absolute atomic E-state index is 0.552. The second kappa shape index (κ2) is 7.62. The van der Waals surface area contributed by atoms with E-state index in [0.29, 0.717) is 6.04 Å². The van der Waals surface area contributed by atoms with Crippen LogP contribution in [-0.4, -0.2) is 22.6 Å². The van der Waals surface area contributed by atoms with E-state index in [-0.39, 0.29) is 0 Å². The zero-order chi connectivity index (χ0) is 15.2. The summed E-state index contributed by atoms with van der Waals surface area (Å²) < 4.78 is 0. The fourth-order valence-corrected chi connectivity index (χ4v) is 3.08. The van der Waals surface area contributed by atoms with Gasteiger partial charge in [0.1, 0.15) is 17.5 Å². The van der Waals surface area contributed by atoms with Gasteiger partial charge >= 0.3 is 0 Å². The maximum atomic E-state index is 4.77. The molecule has 0 saturated heterocycles. The maximum Gasteiger partial charge on any atom is 0.135 e. The van der Waals surface area contributed by atoms with Crippen molar-refractivity contribution in [3.05, 3.63) is 11.4 Å². The van der Waals surface area contributed by atoms with E-state index < -0.39 is 0 Å². The van der Waals surface area contributed by atoms with Crippen molar-refractivity contribution in [3.8, 4) is 0 Å². The van der Waals surface area contributed by atoms with Gasteiger partial charge in [0.05, 0.1) is 0 Å². The van der Waals surface area contributed by atoms with Crippen molar-refractivity contribution in [2.45, 2.75) is 72.3 Å². The number of hydrogen-bond acceptors (Lipinski definition) is 4. The van der Waals surface area contributed by atoms with Gasteiger partial charge < -0.3 is 10.6 Å². The van der Waals surface area contributed by atoms with Crippen molar-refractivity contribution in [2.75, 3.05) is 17.2 Å². The molecule has 1 aromatic heterocycles. The van der Waals surface area contributed by atoms with Crippen LogP contribution in [0.15, 0.2) is 0 Å². The van der Waals surface area contributed by atoms with Crippen LogP contribution in [0.25, 0.3) is 0 Å². The summed E-state index contributed by atoms with van der Waals surface area (Å²) in [6.45, 7) is 9.64. The van der Waals surface area contributed by atoms with E-state index in [0.717, 1.165) is 48.3 Å². The predicted octanol–water partition coefficient (Wildman–Crippen LogP) is 4.16. The number of anilines is 2. The van der Waals surface area contributed by atoms with Crippen molar-refractivity contribution < 1.29 is 0 Å². The number of aromatic nitrogens is 2. The summed E-state index contributed by atoms with van der Waals surface area (Å²) in [6.07, 6.45) is 7.29. The molecule has 4 nitrogen and oxygen atoms in total. The quantitative estimate of drug-likeness (QED) is 0.826. The summed E-state index contributed by atoms with van der Waals surface area (Å²) >= 11 is 0. The third-order valence-corrected chi connectivity index (χ3v) is 4.44. The van der Waals surface area contributed by atoms with Crippen molar-refractivity contribution >= 4 is 11.6 Å². The average molecular weight is 290 g/mol. The summed E-state index contributed by atoms with van der Waals surface area (Å²) in [4.78, 5) is 9.43. The molecule has 4 heteroatoms. The van der Waals surface area contributed by atoms with Crippen LogP contribution >= 0.6 is 0 Å². The zero-order valence-corrected chi connectivity index (χ0v) is 14.0. The normalized spacial score (nSPS) is 22.1. The van der Waals surface area contributed by atoms with E-state index in [2.05, 4.69) is 43.3 Å². The molecule has 2 unspecified atom stereocenters. The highest BCUT2D eigenvalue weighted by Gasteiger charge is 2.22. The lowest BCUT2D eigenvalue weighted by atomic mass is 9.86. The lowest BCUT2D eigenvalue weighted by Gasteiger charge is -2.30. The fourth-order valence-electron chi connectivity index (χ4n) is 3.08. The van der Waals surface area contributed by atoms with Crippen LogP contribution in [-0.2, 0) is 6.42 Å². The van der Waals surface area contributed by atoms with Crippen molar-refractivity contribution in [1.29, 1.82) is 0 Å². The fraction of sp³-hybridized carbons (Fsp3) is 0.765. The lowest BCUT2D eigenvalue weighted by molar-refractivity contribution is 0.349. The summed E-state index contributed by atoms with van der Waals surface area (Å²) in [5, 5.41) is 7.08. The standard InChI is InChI=1S/C17H30N4/c1-5-9-15-20-16(18-6-2)13(4)17(21-15)19-14-11-8-7-10-12(14)3/h12,14H,5-11H2,1-4H3,(H2,18,19,20,21).